The zero-order chi connectivity index (χ0) is 25.7. The number of hydrogen-bond donors (Lipinski definition) is 0. The molecule has 0 aliphatic carbocycles. The zero-order valence-electron chi connectivity index (χ0n) is 16.3. The second-order valence-corrected chi connectivity index (χ2v) is 7.03. The standard InChI is InChI=1S/C22H10F12/c23-19(24,25)15-10-14(13-8-6-12(7-9-13)11-4-2-1-3-5-11)16(20(26,27)28)18(22(32,33)34)17(15)21(29,30)31/h1-10H. The number of halogens is 12. The first-order chi connectivity index (χ1) is 15.4. The fourth-order valence-electron chi connectivity index (χ4n) is 3.48. The highest BCUT2D eigenvalue weighted by molar-refractivity contribution is 5.76. The van der Waals surface area contributed by atoms with Crippen molar-refractivity contribution in [2.24, 2.45) is 0 Å². The van der Waals surface area contributed by atoms with Crippen LogP contribution in [-0.4, -0.2) is 0 Å². The highest BCUT2D eigenvalue weighted by Crippen LogP contribution is 2.54. The molecule has 0 aliphatic heterocycles. The van der Waals surface area contributed by atoms with Crippen molar-refractivity contribution in [3.63, 3.8) is 0 Å². The molecule has 0 fully saturated rings. The highest BCUT2D eigenvalue weighted by Gasteiger charge is 2.55. The molecule has 0 nitrogen and oxygen atoms in total. The van der Waals surface area contributed by atoms with Gasteiger partial charge in [0.05, 0.1) is 22.3 Å². The molecule has 0 aromatic heterocycles. The molecule has 0 amide bonds. The average molecular weight is 502 g/mol. The molecule has 34 heavy (non-hydrogen) atoms. The summed E-state index contributed by atoms with van der Waals surface area (Å²) < 4.78 is 162. The van der Waals surface area contributed by atoms with Gasteiger partial charge in [-0.25, -0.2) is 0 Å². The van der Waals surface area contributed by atoms with E-state index in [1.807, 2.05) is 0 Å². The van der Waals surface area contributed by atoms with Crippen molar-refractivity contribution < 1.29 is 52.7 Å². The number of alkyl halides is 12. The van der Waals surface area contributed by atoms with E-state index in [1.54, 1.807) is 30.3 Å². The summed E-state index contributed by atoms with van der Waals surface area (Å²) in [7, 11) is 0. The molecule has 3 aromatic carbocycles. The van der Waals surface area contributed by atoms with Crippen LogP contribution in [0.2, 0.25) is 0 Å². The summed E-state index contributed by atoms with van der Waals surface area (Å²) in [6, 6.07) is 11.3. The Morgan fingerprint density at radius 2 is 0.794 bits per heavy atom. The number of hydrogen-bond acceptors (Lipinski definition) is 0. The van der Waals surface area contributed by atoms with Crippen LogP contribution in [0.3, 0.4) is 0 Å². The van der Waals surface area contributed by atoms with E-state index in [0.29, 0.717) is 11.1 Å². The monoisotopic (exact) mass is 502 g/mol. The average Bonchev–Trinajstić information content (AvgIpc) is 2.70. The predicted octanol–water partition coefficient (Wildman–Crippen LogP) is 9.10. The summed E-state index contributed by atoms with van der Waals surface area (Å²) in [4.78, 5) is 0. The van der Waals surface area contributed by atoms with Crippen LogP contribution in [0.4, 0.5) is 52.7 Å². The number of rotatable bonds is 2. The lowest BCUT2D eigenvalue weighted by Crippen LogP contribution is -2.28. The first kappa shape index (κ1) is 25.4. The Labute approximate surface area is 183 Å². The maximum Gasteiger partial charge on any atom is 0.417 e. The van der Waals surface area contributed by atoms with E-state index >= 15 is 0 Å². The van der Waals surface area contributed by atoms with E-state index in [4.69, 9.17) is 0 Å². The summed E-state index contributed by atoms with van der Waals surface area (Å²) in [5.74, 6) is 0. The summed E-state index contributed by atoms with van der Waals surface area (Å²) in [6.45, 7) is 0. The molecule has 0 saturated carbocycles. The lowest BCUT2D eigenvalue weighted by molar-refractivity contribution is -0.182. The minimum Gasteiger partial charge on any atom is -0.166 e. The van der Waals surface area contributed by atoms with Crippen molar-refractivity contribution in [3.8, 4) is 22.3 Å². The third kappa shape index (κ3) is 5.00. The summed E-state index contributed by atoms with van der Waals surface area (Å²) in [6.07, 6.45) is -24.9. The van der Waals surface area contributed by atoms with Crippen molar-refractivity contribution in [3.05, 3.63) is 82.9 Å². The Balaban J connectivity index is 2.44. The molecule has 0 radical (unpaired) electrons. The normalized spacial score (nSPS) is 13.3. The Bertz CT molecular complexity index is 1160. The summed E-state index contributed by atoms with van der Waals surface area (Å²) in [5.41, 5.74) is -14.2. The fourth-order valence-corrected chi connectivity index (χ4v) is 3.48. The first-order valence-corrected chi connectivity index (χ1v) is 9.08. The van der Waals surface area contributed by atoms with E-state index in [1.165, 1.54) is 0 Å². The third-order valence-corrected chi connectivity index (χ3v) is 4.79. The van der Waals surface area contributed by atoms with E-state index < -0.39 is 64.2 Å². The minimum absolute atomic E-state index is 0.358. The molecule has 182 valence electrons. The van der Waals surface area contributed by atoms with Crippen LogP contribution in [0.25, 0.3) is 22.3 Å². The lowest BCUT2D eigenvalue weighted by Gasteiger charge is -2.27. The second-order valence-electron chi connectivity index (χ2n) is 7.03. The third-order valence-electron chi connectivity index (χ3n) is 4.79. The van der Waals surface area contributed by atoms with Crippen LogP contribution in [-0.2, 0) is 24.7 Å². The van der Waals surface area contributed by atoms with Crippen molar-refractivity contribution >= 4 is 0 Å². The fraction of sp³-hybridized carbons (Fsp3) is 0.182. The van der Waals surface area contributed by atoms with Crippen molar-refractivity contribution in [2.45, 2.75) is 24.7 Å². The zero-order valence-corrected chi connectivity index (χ0v) is 16.3. The van der Waals surface area contributed by atoms with Crippen molar-refractivity contribution in [1.29, 1.82) is 0 Å². The van der Waals surface area contributed by atoms with Crippen molar-refractivity contribution in [2.75, 3.05) is 0 Å². The van der Waals surface area contributed by atoms with E-state index in [2.05, 4.69) is 0 Å². The Kier molecular flexibility index (Phi) is 6.17. The maximum atomic E-state index is 13.7. The topological polar surface area (TPSA) is 0 Å². The van der Waals surface area contributed by atoms with Crippen LogP contribution in [0.5, 0.6) is 0 Å². The van der Waals surface area contributed by atoms with Gasteiger partial charge >= 0.3 is 24.7 Å². The molecule has 0 unspecified atom stereocenters. The Morgan fingerprint density at radius 1 is 0.382 bits per heavy atom. The molecule has 0 atom stereocenters. The van der Waals surface area contributed by atoms with Gasteiger partial charge in [0.2, 0.25) is 0 Å². The van der Waals surface area contributed by atoms with Gasteiger partial charge in [0.25, 0.3) is 0 Å². The Hall–Kier alpha value is -3.18. The molecule has 3 rings (SSSR count). The van der Waals surface area contributed by atoms with E-state index in [-0.39, 0.29) is 0 Å². The largest absolute Gasteiger partial charge is 0.417 e. The summed E-state index contributed by atoms with van der Waals surface area (Å²) in [5, 5.41) is 0. The Morgan fingerprint density at radius 3 is 1.21 bits per heavy atom. The van der Waals surface area contributed by atoms with Crippen LogP contribution in [0.1, 0.15) is 22.3 Å². The maximum absolute atomic E-state index is 13.7. The molecular weight excluding hydrogens is 492 g/mol. The van der Waals surface area contributed by atoms with Crippen LogP contribution in [0, 0.1) is 0 Å². The van der Waals surface area contributed by atoms with Crippen LogP contribution in [0.15, 0.2) is 60.7 Å². The van der Waals surface area contributed by atoms with Gasteiger partial charge in [-0.1, -0.05) is 54.6 Å². The van der Waals surface area contributed by atoms with Gasteiger partial charge in [-0.05, 0) is 28.3 Å². The molecular formula is C22H10F12. The minimum atomic E-state index is -6.41. The van der Waals surface area contributed by atoms with Gasteiger partial charge in [0.15, 0.2) is 0 Å². The lowest BCUT2D eigenvalue weighted by atomic mass is 9.86. The molecule has 0 bridgehead atoms. The molecule has 0 N–H and O–H groups in total. The van der Waals surface area contributed by atoms with Gasteiger partial charge in [0, 0.05) is 0 Å². The van der Waals surface area contributed by atoms with Crippen LogP contribution < -0.4 is 0 Å². The molecule has 3 aromatic rings. The second kappa shape index (κ2) is 8.24. The molecule has 0 aliphatic rings. The smallest absolute Gasteiger partial charge is 0.166 e. The highest BCUT2D eigenvalue weighted by atomic mass is 19.4. The van der Waals surface area contributed by atoms with Gasteiger partial charge in [0.1, 0.15) is 0 Å². The molecule has 0 heterocycles. The van der Waals surface area contributed by atoms with Gasteiger partial charge < -0.3 is 0 Å². The van der Waals surface area contributed by atoms with Gasteiger partial charge in [-0.3, -0.25) is 0 Å². The van der Waals surface area contributed by atoms with Crippen LogP contribution >= 0.6 is 0 Å². The molecule has 0 spiro atoms. The molecule has 12 heteroatoms. The summed E-state index contributed by atoms with van der Waals surface area (Å²) >= 11 is 0. The van der Waals surface area contributed by atoms with Gasteiger partial charge in [-0.2, -0.15) is 52.7 Å². The van der Waals surface area contributed by atoms with E-state index in [9.17, 15) is 52.7 Å². The van der Waals surface area contributed by atoms with E-state index in [0.717, 1.165) is 24.3 Å². The quantitative estimate of drug-likeness (QED) is 0.307. The first-order valence-electron chi connectivity index (χ1n) is 9.08. The van der Waals surface area contributed by atoms with Crippen molar-refractivity contribution in [1.82, 2.24) is 0 Å². The SMILES string of the molecule is FC(F)(F)c1cc(-c2ccc(-c3ccccc3)cc2)c(C(F)(F)F)c(C(F)(F)F)c1C(F)(F)F. The predicted molar refractivity (Wildman–Crippen MR) is 97.3 cm³/mol. The van der Waals surface area contributed by atoms with Gasteiger partial charge in [-0.15, -0.1) is 0 Å². The molecule has 0 saturated heterocycles. The number of benzene rings is 3.